The van der Waals surface area contributed by atoms with Gasteiger partial charge < -0.3 is 29.4 Å². The average molecular weight is 395 g/mol. The first-order chi connectivity index (χ1) is 14.1. The summed E-state index contributed by atoms with van der Waals surface area (Å²) in [7, 11) is 6.34. The topological polar surface area (TPSA) is 69.2 Å². The van der Waals surface area contributed by atoms with Crippen LogP contribution >= 0.6 is 0 Å². The number of rotatable bonds is 8. The zero-order valence-corrected chi connectivity index (χ0v) is 17.0. The van der Waals surface area contributed by atoms with Gasteiger partial charge in [-0.15, -0.1) is 6.58 Å². The molecule has 0 aliphatic carbocycles. The van der Waals surface area contributed by atoms with Crippen LogP contribution in [-0.4, -0.2) is 40.1 Å². The fourth-order valence-electron chi connectivity index (χ4n) is 3.35. The molecule has 0 amide bonds. The minimum absolute atomic E-state index is 0.128. The summed E-state index contributed by atoms with van der Waals surface area (Å²) in [6.07, 6.45) is 1.76. The van der Waals surface area contributed by atoms with Gasteiger partial charge >= 0.3 is 0 Å². The number of methoxy groups -OCH3 is 4. The van der Waals surface area contributed by atoms with E-state index in [0.717, 1.165) is 22.0 Å². The van der Waals surface area contributed by atoms with E-state index in [9.17, 15) is 5.11 Å². The molecule has 0 saturated carbocycles. The smallest absolute Gasteiger partial charge is 0.161 e. The minimum atomic E-state index is 0.128. The van der Waals surface area contributed by atoms with Crippen LogP contribution in [0.15, 0.2) is 49.1 Å². The molecule has 0 heterocycles. The van der Waals surface area contributed by atoms with Crippen LogP contribution < -0.4 is 24.3 Å². The third-order valence-corrected chi connectivity index (χ3v) is 4.72. The van der Waals surface area contributed by atoms with Crippen molar-refractivity contribution < 1.29 is 24.1 Å². The summed E-state index contributed by atoms with van der Waals surface area (Å²) in [6.45, 7) is 4.31. The molecule has 2 N–H and O–H groups in total. The fourth-order valence-corrected chi connectivity index (χ4v) is 3.35. The van der Waals surface area contributed by atoms with Gasteiger partial charge in [0.2, 0.25) is 0 Å². The number of anilines is 1. The second-order valence-electron chi connectivity index (χ2n) is 6.31. The maximum atomic E-state index is 10.9. The van der Waals surface area contributed by atoms with Crippen LogP contribution in [0.3, 0.4) is 0 Å². The molecule has 29 heavy (non-hydrogen) atoms. The number of fused-ring (bicyclic) bond motifs is 1. The minimum Gasteiger partial charge on any atom is -0.507 e. The predicted octanol–water partition coefficient (Wildman–Crippen LogP) is 4.84. The third kappa shape index (κ3) is 3.74. The maximum Gasteiger partial charge on any atom is 0.161 e. The normalized spacial score (nSPS) is 10.5. The molecule has 3 rings (SSSR count). The van der Waals surface area contributed by atoms with Crippen molar-refractivity contribution in [2.75, 3.05) is 40.3 Å². The summed E-state index contributed by atoms with van der Waals surface area (Å²) < 4.78 is 21.6. The van der Waals surface area contributed by atoms with E-state index >= 15 is 0 Å². The number of hydrogen-bond acceptors (Lipinski definition) is 6. The van der Waals surface area contributed by atoms with Gasteiger partial charge in [0, 0.05) is 17.5 Å². The SMILES string of the molecule is C=CCNc1c(-c2ccc(OC)c(OC)c2)c(O)cc2cc(OC)c(OC)cc12. The molecule has 0 aromatic heterocycles. The molecule has 0 unspecified atom stereocenters. The Bertz CT molecular complexity index is 1050. The molecule has 0 aliphatic rings. The molecular formula is C23H25NO5. The molecule has 152 valence electrons. The third-order valence-electron chi connectivity index (χ3n) is 4.72. The van der Waals surface area contributed by atoms with E-state index in [1.165, 1.54) is 0 Å². The largest absolute Gasteiger partial charge is 0.507 e. The summed E-state index contributed by atoms with van der Waals surface area (Å²) in [5.41, 5.74) is 2.18. The Balaban J connectivity index is 2.33. The molecule has 6 heteroatoms. The van der Waals surface area contributed by atoms with E-state index in [4.69, 9.17) is 18.9 Å². The second kappa shape index (κ2) is 8.65. The van der Waals surface area contributed by atoms with E-state index in [0.29, 0.717) is 35.1 Å². The van der Waals surface area contributed by atoms with Gasteiger partial charge in [0.25, 0.3) is 0 Å². The molecule has 0 atom stereocenters. The maximum absolute atomic E-state index is 10.9. The van der Waals surface area contributed by atoms with Crippen LogP contribution in [-0.2, 0) is 0 Å². The van der Waals surface area contributed by atoms with Gasteiger partial charge in [0.05, 0.1) is 34.1 Å². The molecule has 6 nitrogen and oxygen atoms in total. The molecule has 0 fully saturated rings. The molecule has 0 radical (unpaired) electrons. The van der Waals surface area contributed by atoms with Crippen molar-refractivity contribution in [3.05, 3.63) is 49.1 Å². The zero-order valence-electron chi connectivity index (χ0n) is 17.0. The van der Waals surface area contributed by atoms with Gasteiger partial charge in [-0.2, -0.15) is 0 Å². The van der Waals surface area contributed by atoms with Crippen LogP contribution in [0.1, 0.15) is 0 Å². The first-order valence-corrected chi connectivity index (χ1v) is 9.06. The highest BCUT2D eigenvalue weighted by molar-refractivity contribution is 6.05. The van der Waals surface area contributed by atoms with Gasteiger partial charge in [-0.3, -0.25) is 0 Å². The number of phenolic OH excluding ortho intramolecular Hbond substituents is 1. The summed E-state index contributed by atoms with van der Waals surface area (Å²) in [5.74, 6) is 2.51. The highest BCUT2D eigenvalue weighted by Crippen LogP contribution is 2.46. The molecule has 0 aliphatic heterocycles. The number of benzene rings is 3. The van der Waals surface area contributed by atoms with Crippen molar-refractivity contribution in [1.82, 2.24) is 0 Å². The van der Waals surface area contributed by atoms with E-state index in [-0.39, 0.29) is 5.75 Å². The number of ether oxygens (including phenoxy) is 4. The van der Waals surface area contributed by atoms with Crippen molar-refractivity contribution in [2.45, 2.75) is 0 Å². The Labute approximate surface area is 170 Å². The lowest BCUT2D eigenvalue weighted by atomic mass is 9.96. The summed E-state index contributed by atoms with van der Waals surface area (Å²) in [4.78, 5) is 0. The second-order valence-corrected chi connectivity index (χ2v) is 6.31. The van der Waals surface area contributed by atoms with Gasteiger partial charge in [0.1, 0.15) is 5.75 Å². The molecule has 0 saturated heterocycles. The lowest BCUT2D eigenvalue weighted by Gasteiger charge is -2.19. The first-order valence-electron chi connectivity index (χ1n) is 9.06. The van der Waals surface area contributed by atoms with E-state index in [1.54, 1.807) is 40.6 Å². The van der Waals surface area contributed by atoms with Crippen LogP contribution in [0, 0.1) is 0 Å². The average Bonchev–Trinajstić information content (AvgIpc) is 2.75. The van der Waals surface area contributed by atoms with Crippen molar-refractivity contribution in [1.29, 1.82) is 0 Å². The highest BCUT2D eigenvalue weighted by atomic mass is 16.5. The Morgan fingerprint density at radius 3 is 2.10 bits per heavy atom. The van der Waals surface area contributed by atoms with Crippen molar-refractivity contribution in [3.8, 4) is 39.9 Å². The van der Waals surface area contributed by atoms with Crippen molar-refractivity contribution in [2.24, 2.45) is 0 Å². The standard InChI is InChI=1S/C23H25NO5/c1-6-9-24-23-16-13-21(29-5)20(28-4)12-15(16)10-17(25)22(23)14-7-8-18(26-2)19(11-14)27-3/h6-8,10-13,24-25H,1,9H2,2-5H3. The molecular weight excluding hydrogens is 370 g/mol. The summed E-state index contributed by atoms with van der Waals surface area (Å²) in [6, 6.07) is 11.0. The van der Waals surface area contributed by atoms with Gasteiger partial charge in [-0.1, -0.05) is 12.1 Å². The van der Waals surface area contributed by atoms with E-state index in [2.05, 4.69) is 11.9 Å². The van der Waals surface area contributed by atoms with Gasteiger partial charge in [-0.25, -0.2) is 0 Å². The zero-order chi connectivity index (χ0) is 21.0. The highest BCUT2D eigenvalue weighted by Gasteiger charge is 2.19. The quantitative estimate of drug-likeness (QED) is 0.532. The van der Waals surface area contributed by atoms with Crippen LogP contribution in [0.2, 0.25) is 0 Å². The number of phenols is 1. The summed E-state index contributed by atoms with van der Waals surface area (Å²) >= 11 is 0. The predicted molar refractivity (Wildman–Crippen MR) is 116 cm³/mol. The Hall–Kier alpha value is -3.54. The van der Waals surface area contributed by atoms with Crippen LogP contribution in [0.4, 0.5) is 5.69 Å². The van der Waals surface area contributed by atoms with Crippen LogP contribution in [0.25, 0.3) is 21.9 Å². The van der Waals surface area contributed by atoms with Crippen molar-refractivity contribution >= 4 is 16.5 Å². The first kappa shape index (κ1) is 20.2. The number of nitrogens with one attached hydrogen (secondary N) is 1. The van der Waals surface area contributed by atoms with Gasteiger partial charge in [-0.05, 0) is 41.3 Å². The lowest BCUT2D eigenvalue weighted by Crippen LogP contribution is -2.02. The molecule has 0 bridgehead atoms. The molecule has 3 aromatic rings. The van der Waals surface area contributed by atoms with E-state index < -0.39 is 0 Å². The van der Waals surface area contributed by atoms with Gasteiger partial charge in [0.15, 0.2) is 23.0 Å². The monoisotopic (exact) mass is 395 g/mol. The Kier molecular flexibility index (Phi) is 6.02. The van der Waals surface area contributed by atoms with E-state index in [1.807, 2.05) is 30.3 Å². The molecule has 3 aromatic carbocycles. The number of hydrogen-bond donors (Lipinski definition) is 2. The van der Waals surface area contributed by atoms with Crippen molar-refractivity contribution in [3.63, 3.8) is 0 Å². The van der Waals surface area contributed by atoms with Crippen LogP contribution in [0.5, 0.6) is 28.7 Å². The summed E-state index contributed by atoms with van der Waals surface area (Å²) in [5, 5.41) is 16.0. The fraction of sp³-hybridized carbons (Fsp3) is 0.217. The Morgan fingerprint density at radius 2 is 1.48 bits per heavy atom. The number of aromatic hydroxyl groups is 1. The lowest BCUT2D eigenvalue weighted by molar-refractivity contribution is 0.355. The Morgan fingerprint density at radius 1 is 0.862 bits per heavy atom. The molecule has 0 spiro atoms.